The highest BCUT2D eigenvalue weighted by atomic mass is 32.2. The normalized spacial score (nSPS) is 16.1. The van der Waals surface area contributed by atoms with E-state index in [1.54, 1.807) is 24.3 Å². The Kier molecular flexibility index (Phi) is 6.83. The molecule has 1 atom stereocenters. The molecule has 0 saturated carbocycles. The zero-order valence-electron chi connectivity index (χ0n) is 18.0. The number of amides is 4. The molecule has 4 amide bonds. The van der Waals surface area contributed by atoms with E-state index in [2.05, 4.69) is 16.0 Å². The van der Waals surface area contributed by atoms with Crippen molar-refractivity contribution in [3.8, 4) is 0 Å². The van der Waals surface area contributed by atoms with Gasteiger partial charge < -0.3 is 15.2 Å². The first kappa shape index (κ1) is 24.3. The standard InChI is InChI=1S/C23H19F3N4O4S/c24-23(25,26)35-16-5-3-15(4-6-16)28-22(34)27-12-13-1-2-14-9-10-30(21(33)17(14)11-13)18-7-8-19(31)29-20(18)32/h1-6,9-11,18H,7-8,12H2,(H2,27,28,34)(H,29,31,32). The smallest absolute Gasteiger partial charge is 0.334 e. The molecular formula is C23H19F3N4O4S. The molecule has 182 valence electrons. The molecule has 0 spiro atoms. The first-order valence-electron chi connectivity index (χ1n) is 10.5. The van der Waals surface area contributed by atoms with Gasteiger partial charge in [0.1, 0.15) is 6.04 Å². The van der Waals surface area contributed by atoms with E-state index in [1.807, 2.05) is 0 Å². The fourth-order valence-corrected chi connectivity index (χ4v) is 4.24. The fourth-order valence-electron chi connectivity index (χ4n) is 3.70. The van der Waals surface area contributed by atoms with Gasteiger partial charge in [-0.15, -0.1) is 0 Å². The van der Waals surface area contributed by atoms with Gasteiger partial charge in [-0.05, 0) is 65.5 Å². The van der Waals surface area contributed by atoms with Crippen LogP contribution in [0.1, 0.15) is 24.4 Å². The molecule has 1 aromatic heterocycles. The number of halogens is 3. The number of pyridine rings is 1. The van der Waals surface area contributed by atoms with Gasteiger partial charge in [-0.25, -0.2) is 4.79 Å². The molecule has 2 heterocycles. The van der Waals surface area contributed by atoms with Gasteiger partial charge in [0, 0.05) is 35.1 Å². The van der Waals surface area contributed by atoms with E-state index in [1.165, 1.54) is 35.0 Å². The van der Waals surface area contributed by atoms with Crippen LogP contribution in [0.3, 0.4) is 0 Å². The Morgan fingerprint density at radius 1 is 1.09 bits per heavy atom. The molecule has 1 aliphatic rings. The van der Waals surface area contributed by atoms with Gasteiger partial charge in [0.2, 0.25) is 11.8 Å². The second kappa shape index (κ2) is 9.82. The highest BCUT2D eigenvalue weighted by Gasteiger charge is 2.29. The van der Waals surface area contributed by atoms with E-state index in [0.29, 0.717) is 22.0 Å². The number of piperidine rings is 1. The summed E-state index contributed by atoms with van der Waals surface area (Å²) in [6, 6.07) is 10.7. The molecule has 3 N–H and O–H groups in total. The summed E-state index contributed by atoms with van der Waals surface area (Å²) < 4.78 is 38.5. The number of carbonyl (C=O) groups is 3. The Balaban J connectivity index is 1.42. The van der Waals surface area contributed by atoms with Crippen molar-refractivity contribution in [2.45, 2.75) is 35.8 Å². The molecule has 12 heteroatoms. The SMILES string of the molecule is O=C1CCC(n2ccc3ccc(CNC(=O)Nc4ccc(SC(F)(F)F)cc4)cc3c2=O)C(=O)N1. The van der Waals surface area contributed by atoms with Gasteiger partial charge >= 0.3 is 11.5 Å². The third-order valence-electron chi connectivity index (χ3n) is 5.34. The van der Waals surface area contributed by atoms with Crippen molar-refractivity contribution in [1.82, 2.24) is 15.2 Å². The number of hydrogen-bond donors (Lipinski definition) is 3. The van der Waals surface area contributed by atoms with Gasteiger partial charge in [-0.3, -0.25) is 19.7 Å². The number of carbonyl (C=O) groups excluding carboxylic acids is 3. The summed E-state index contributed by atoms with van der Waals surface area (Å²) in [5.74, 6) is -0.898. The Hall–Kier alpha value is -3.80. The molecule has 0 radical (unpaired) electrons. The van der Waals surface area contributed by atoms with E-state index < -0.39 is 23.5 Å². The van der Waals surface area contributed by atoms with Crippen molar-refractivity contribution in [3.05, 3.63) is 70.6 Å². The van der Waals surface area contributed by atoms with Crippen LogP contribution in [0.15, 0.2) is 64.4 Å². The third-order valence-corrected chi connectivity index (χ3v) is 6.08. The number of anilines is 1. The molecule has 8 nitrogen and oxygen atoms in total. The number of alkyl halides is 3. The minimum Gasteiger partial charge on any atom is -0.334 e. The minimum absolute atomic E-state index is 0.00239. The van der Waals surface area contributed by atoms with Crippen molar-refractivity contribution >= 4 is 46.1 Å². The molecule has 1 unspecified atom stereocenters. The van der Waals surface area contributed by atoms with Crippen LogP contribution >= 0.6 is 11.8 Å². The van der Waals surface area contributed by atoms with Gasteiger partial charge in [0.05, 0.1) is 0 Å². The molecule has 1 aliphatic heterocycles. The lowest BCUT2D eigenvalue weighted by atomic mass is 10.0. The van der Waals surface area contributed by atoms with Crippen LogP contribution in [-0.2, 0) is 16.1 Å². The maximum absolute atomic E-state index is 13.0. The molecule has 3 aromatic rings. The van der Waals surface area contributed by atoms with Gasteiger partial charge in [0.25, 0.3) is 5.56 Å². The van der Waals surface area contributed by atoms with Crippen molar-refractivity contribution < 1.29 is 27.6 Å². The van der Waals surface area contributed by atoms with E-state index in [4.69, 9.17) is 0 Å². The topological polar surface area (TPSA) is 109 Å². The number of benzene rings is 2. The van der Waals surface area contributed by atoms with Crippen LogP contribution in [0, 0.1) is 0 Å². The number of urea groups is 1. The summed E-state index contributed by atoms with van der Waals surface area (Å²) in [6.07, 6.45) is 1.89. The molecule has 1 saturated heterocycles. The Morgan fingerprint density at radius 3 is 2.51 bits per heavy atom. The molecule has 0 bridgehead atoms. The predicted octanol–water partition coefficient (Wildman–Crippen LogP) is 3.91. The lowest BCUT2D eigenvalue weighted by Crippen LogP contribution is -2.44. The monoisotopic (exact) mass is 504 g/mol. The highest BCUT2D eigenvalue weighted by Crippen LogP contribution is 2.37. The van der Waals surface area contributed by atoms with E-state index in [-0.39, 0.29) is 47.5 Å². The summed E-state index contributed by atoms with van der Waals surface area (Å²) in [4.78, 5) is 48.8. The van der Waals surface area contributed by atoms with Crippen LogP contribution < -0.4 is 21.5 Å². The Bertz CT molecular complexity index is 1360. The van der Waals surface area contributed by atoms with E-state index in [9.17, 15) is 32.3 Å². The maximum Gasteiger partial charge on any atom is 0.446 e. The molecule has 2 aromatic carbocycles. The second-order valence-corrected chi connectivity index (χ2v) is 8.93. The number of thioether (sulfide) groups is 1. The van der Waals surface area contributed by atoms with Crippen molar-refractivity contribution in [3.63, 3.8) is 0 Å². The number of imide groups is 1. The first-order valence-corrected chi connectivity index (χ1v) is 11.3. The number of rotatable bonds is 5. The molecule has 1 fully saturated rings. The average molecular weight is 504 g/mol. The molecule has 4 rings (SSSR count). The summed E-state index contributed by atoms with van der Waals surface area (Å²) in [5, 5.41) is 8.41. The largest absolute Gasteiger partial charge is 0.446 e. The maximum atomic E-state index is 13.0. The van der Waals surface area contributed by atoms with Crippen LogP contribution in [0.2, 0.25) is 0 Å². The number of nitrogens with one attached hydrogen (secondary N) is 3. The van der Waals surface area contributed by atoms with E-state index >= 15 is 0 Å². The van der Waals surface area contributed by atoms with Crippen LogP contribution in [0.4, 0.5) is 23.7 Å². The average Bonchev–Trinajstić information content (AvgIpc) is 2.79. The quantitative estimate of drug-likeness (QED) is 0.361. The zero-order valence-corrected chi connectivity index (χ0v) is 18.8. The van der Waals surface area contributed by atoms with Crippen molar-refractivity contribution in [2.24, 2.45) is 0 Å². The Labute approximate surface area is 200 Å². The van der Waals surface area contributed by atoms with Gasteiger partial charge in [-0.2, -0.15) is 13.2 Å². The fraction of sp³-hybridized carbons (Fsp3) is 0.217. The highest BCUT2D eigenvalue weighted by molar-refractivity contribution is 8.00. The first-order chi connectivity index (χ1) is 16.6. The predicted molar refractivity (Wildman–Crippen MR) is 124 cm³/mol. The number of aromatic nitrogens is 1. The molecule has 0 aliphatic carbocycles. The Morgan fingerprint density at radius 2 is 1.83 bits per heavy atom. The molecular weight excluding hydrogens is 485 g/mol. The number of nitrogens with zero attached hydrogens (tertiary/aromatic N) is 1. The summed E-state index contributed by atoms with van der Waals surface area (Å²) in [7, 11) is 0. The lowest BCUT2D eigenvalue weighted by molar-refractivity contribution is -0.135. The van der Waals surface area contributed by atoms with Crippen molar-refractivity contribution in [1.29, 1.82) is 0 Å². The number of fused-ring (bicyclic) bond motifs is 1. The van der Waals surface area contributed by atoms with Crippen LogP contribution in [-0.4, -0.2) is 27.9 Å². The minimum atomic E-state index is -4.39. The zero-order chi connectivity index (χ0) is 25.2. The summed E-state index contributed by atoms with van der Waals surface area (Å²) in [6.45, 7) is 0.0799. The van der Waals surface area contributed by atoms with Crippen LogP contribution in [0.25, 0.3) is 10.8 Å². The lowest BCUT2D eigenvalue weighted by Gasteiger charge is -2.23. The summed E-state index contributed by atoms with van der Waals surface area (Å²) >= 11 is -0.245. The number of hydrogen-bond acceptors (Lipinski definition) is 5. The van der Waals surface area contributed by atoms with Crippen LogP contribution in [0.5, 0.6) is 0 Å². The third kappa shape index (κ3) is 6.01. The summed E-state index contributed by atoms with van der Waals surface area (Å²) in [5.41, 5.74) is -3.83. The second-order valence-electron chi connectivity index (χ2n) is 7.80. The van der Waals surface area contributed by atoms with E-state index in [0.717, 1.165) is 0 Å². The molecule has 35 heavy (non-hydrogen) atoms. The van der Waals surface area contributed by atoms with Gasteiger partial charge in [-0.1, -0.05) is 12.1 Å². The van der Waals surface area contributed by atoms with Gasteiger partial charge in [0.15, 0.2) is 0 Å². The van der Waals surface area contributed by atoms with Crippen molar-refractivity contribution in [2.75, 3.05) is 5.32 Å².